The van der Waals surface area contributed by atoms with Gasteiger partial charge in [0.05, 0.1) is 19.0 Å². The predicted octanol–water partition coefficient (Wildman–Crippen LogP) is 0.172. The fourth-order valence-electron chi connectivity index (χ4n) is 3.44. The number of nitrogens with one attached hydrogen (secondary N) is 2. The second-order valence-electron chi connectivity index (χ2n) is 8.33. The Morgan fingerprint density at radius 1 is 1.25 bits per heavy atom. The normalized spacial score (nSPS) is 19.7. The molecule has 1 fully saturated rings. The first kappa shape index (κ1) is 21.8. The summed E-state index contributed by atoms with van der Waals surface area (Å²) in [5, 5.41) is 2.68. The van der Waals surface area contributed by atoms with Crippen LogP contribution >= 0.6 is 0 Å². The molecular formula is C20H30FN4O3+. The van der Waals surface area contributed by atoms with Crippen LogP contribution in [-0.4, -0.2) is 54.3 Å². The topological polar surface area (TPSA) is 96.9 Å². The first-order valence-corrected chi connectivity index (χ1v) is 9.55. The van der Waals surface area contributed by atoms with Crippen molar-refractivity contribution in [3.63, 3.8) is 0 Å². The van der Waals surface area contributed by atoms with E-state index in [0.717, 1.165) is 24.3 Å². The minimum Gasteiger partial charge on any atom is -0.369 e. The van der Waals surface area contributed by atoms with Gasteiger partial charge in [-0.2, -0.15) is 0 Å². The Kier molecular flexibility index (Phi) is 7.12. The van der Waals surface area contributed by atoms with Crippen molar-refractivity contribution in [2.24, 2.45) is 11.7 Å². The Bertz CT molecular complexity index is 715. The molecule has 154 valence electrons. The van der Waals surface area contributed by atoms with Crippen molar-refractivity contribution in [1.29, 1.82) is 0 Å². The molecule has 7 nitrogen and oxygen atoms in total. The van der Waals surface area contributed by atoms with Crippen LogP contribution in [0.25, 0.3) is 0 Å². The number of quaternary nitrogens is 1. The van der Waals surface area contributed by atoms with E-state index in [1.54, 1.807) is 0 Å². The number of nitrogens with zero attached hydrogens (tertiary/aromatic N) is 1. The Balaban J connectivity index is 2.00. The standard InChI is InChI=1S/C20H29FN4O3/c1-20(2,3)25(12-17(26)23-16-8-6-15(21)7-9-16)18(27)13-24-10-4-5-14(11-24)19(22)28/h6-9,14H,4-5,10-13H2,1-3H3,(H2,22,28)(H,23,26)/p+1/t14-/m0/s1. The van der Waals surface area contributed by atoms with Gasteiger partial charge in [0.15, 0.2) is 6.54 Å². The van der Waals surface area contributed by atoms with Crippen molar-refractivity contribution >= 4 is 23.4 Å². The molecule has 0 spiro atoms. The number of piperidine rings is 1. The number of carbonyl (C=O) groups is 3. The van der Waals surface area contributed by atoms with Crippen molar-refractivity contribution in [3.8, 4) is 0 Å². The van der Waals surface area contributed by atoms with Gasteiger partial charge in [-0.3, -0.25) is 14.4 Å². The monoisotopic (exact) mass is 393 g/mol. The molecule has 1 aromatic carbocycles. The average molecular weight is 393 g/mol. The first-order valence-electron chi connectivity index (χ1n) is 9.55. The number of primary amides is 1. The van der Waals surface area contributed by atoms with Gasteiger partial charge < -0.3 is 20.9 Å². The summed E-state index contributed by atoms with van der Waals surface area (Å²) in [7, 11) is 0. The second kappa shape index (κ2) is 9.14. The van der Waals surface area contributed by atoms with Crippen LogP contribution in [0.2, 0.25) is 0 Å². The lowest BCUT2D eigenvalue weighted by Gasteiger charge is -2.36. The summed E-state index contributed by atoms with van der Waals surface area (Å²) in [5.74, 6) is -1.42. The second-order valence-corrected chi connectivity index (χ2v) is 8.33. The number of carbonyl (C=O) groups excluding carboxylic acids is 3. The maximum absolute atomic E-state index is 13.0. The van der Waals surface area contributed by atoms with Gasteiger partial charge in [-0.25, -0.2) is 4.39 Å². The molecule has 2 rings (SSSR count). The van der Waals surface area contributed by atoms with Gasteiger partial charge in [-0.1, -0.05) is 0 Å². The Labute approximate surface area is 165 Å². The van der Waals surface area contributed by atoms with Crippen molar-refractivity contribution in [2.75, 3.05) is 31.5 Å². The third kappa shape index (κ3) is 6.30. The van der Waals surface area contributed by atoms with Gasteiger partial charge in [-0.05, 0) is 57.9 Å². The molecule has 28 heavy (non-hydrogen) atoms. The molecule has 0 saturated carbocycles. The van der Waals surface area contributed by atoms with E-state index in [9.17, 15) is 18.8 Å². The zero-order valence-corrected chi connectivity index (χ0v) is 16.8. The summed E-state index contributed by atoms with van der Waals surface area (Å²) in [4.78, 5) is 39.4. The van der Waals surface area contributed by atoms with Crippen LogP contribution in [0.3, 0.4) is 0 Å². The maximum atomic E-state index is 13.0. The molecule has 1 aliphatic heterocycles. The van der Waals surface area contributed by atoms with Crippen LogP contribution in [0.5, 0.6) is 0 Å². The molecule has 1 aromatic rings. The SMILES string of the molecule is CC(C)(C)N(CC(=O)Nc1ccc(F)cc1)C(=O)C[NH+]1CCC[C@H](C(N)=O)C1. The van der Waals surface area contributed by atoms with Crippen molar-refractivity contribution in [3.05, 3.63) is 30.1 Å². The van der Waals surface area contributed by atoms with E-state index in [1.165, 1.54) is 29.2 Å². The zero-order chi connectivity index (χ0) is 20.9. The van der Waals surface area contributed by atoms with Crippen LogP contribution in [0.4, 0.5) is 10.1 Å². The molecule has 0 aliphatic carbocycles. The number of nitrogens with two attached hydrogens (primary N) is 1. The smallest absolute Gasteiger partial charge is 0.278 e. The van der Waals surface area contributed by atoms with Crippen molar-refractivity contribution < 1.29 is 23.7 Å². The third-order valence-corrected chi connectivity index (χ3v) is 4.96. The van der Waals surface area contributed by atoms with Gasteiger partial charge in [-0.15, -0.1) is 0 Å². The van der Waals surface area contributed by atoms with Crippen LogP contribution in [-0.2, 0) is 14.4 Å². The van der Waals surface area contributed by atoms with Crippen molar-refractivity contribution in [2.45, 2.75) is 39.2 Å². The predicted molar refractivity (Wildman–Crippen MR) is 104 cm³/mol. The van der Waals surface area contributed by atoms with E-state index < -0.39 is 5.54 Å². The number of rotatable bonds is 6. The lowest BCUT2D eigenvalue weighted by molar-refractivity contribution is -0.899. The number of amides is 3. The molecule has 0 aromatic heterocycles. The number of halogens is 1. The maximum Gasteiger partial charge on any atom is 0.278 e. The van der Waals surface area contributed by atoms with Gasteiger partial charge in [0.25, 0.3) is 5.91 Å². The van der Waals surface area contributed by atoms with Gasteiger partial charge >= 0.3 is 0 Å². The first-order chi connectivity index (χ1) is 13.1. The average Bonchev–Trinajstić information content (AvgIpc) is 2.61. The molecule has 8 heteroatoms. The molecule has 3 amide bonds. The van der Waals surface area contributed by atoms with Crippen LogP contribution in [0.1, 0.15) is 33.6 Å². The number of likely N-dealkylation sites (tertiary alicyclic amines) is 1. The molecule has 0 bridgehead atoms. The number of benzene rings is 1. The van der Waals surface area contributed by atoms with E-state index in [0.29, 0.717) is 12.2 Å². The van der Waals surface area contributed by atoms with E-state index in [4.69, 9.17) is 5.73 Å². The van der Waals surface area contributed by atoms with E-state index in [1.807, 2.05) is 20.8 Å². The molecular weight excluding hydrogens is 363 g/mol. The third-order valence-electron chi connectivity index (χ3n) is 4.96. The molecule has 1 saturated heterocycles. The van der Waals surface area contributed by atoms with E-state index in [2.05, 4.69) is 5.32 Å². The van der Waals surface area contributed by atoms with E-state index >= 15 is 0 Å². The summed E-state index contributed by atoms with van der Waals surface area (Å²) >= 11 is 0. The molecule has 1 aliphatic rings. The number of hydrogen-bond acceptors (Lipinski definition) is 3. The molecule has 1 heterocycles. The fourth-order valence-corrected chi connectivity index (χ4v) is 3.44. The highest BCUT2D eigenvalue weighted by Crippen LogP contribution is 2.14. The Morgan fingerprint density at radius 2 is 1.89 bits per heavy atom. The number of hydrogen-bond donors (Lipinski definition) is 3. The largest absolute Gasteiger partial charge is 0.369 e. The highest BCUT2D eigenvalue weighted by atomic mass is 19.1. The molecule has 4 N–H and O–H groups in total. The molecule has 0 radical (unpaired) electrons. The van der Waals surface area contributed by atoms with Gasteiger partial charge in [0.1, 0.15) is 12.4 Å². The van der Waals surface area contributed by atoms with Crippen LogP contribution in [0.15, 0.2) is 24.3 Å². The quantitative estimate of drug-likeness (QED) is 0.643. The minimum atomic E-state index is -0.546. The highest BCUT2D eigenvalue weighted by Gasteiger charge is 2.33. The highest BCUT2D eigenvalue weighted by molar-refractivity contribution is 5.94. The van der Waals surface area contributed by atoms with Gasteiger partial charge in [0, 0.05) is 11.2 Å². The molecule has 2 atom stereocenters. The number of anilines is 1. The minimum absolute atomic E-state index is 0.105. The fraction of sp³-hybridized carbons (Fsp3) is 0.550. The Hall–Kier alpha value is -2.48. The molecule has 1 unspecified atom stereocenters. The van der Waals surface area contributed by atoms with Gasteiger partial charge in [0.2, 0.25) is 11.8 Å². The van der Waals surface area contributed by atoms with Crippen LogP contribution in [0, 0.1) is 11.7 Å². The van der Waals surface area contributed by atoms with Crippen molar-refractivity contribution in [1.82, 2.24) is 4.90 Å². The van der Waals surface area contributed by atoms with E-state index in [-0.39, 0.29) is 42.5 Å². The van der Waals surface area contributed by atoms with Crippen LogP contribution < -0.4 is 16.0 Å². The summed E-state index contributed by atoms with van der Waals surface area (Å²) in [6.45, 7) is 7.06. The Morgan fingerprint density at radius 3 is 2.46 bits per heavy atom. The lowest BCUT2D eigenvalue weighted by Crippen LogP contribution is -3.15. The lowest BCUT2D eigenvalue weighted by atomic mass is 9.97. The summed E-state index contributed by atoms with van der Waals surface area (Å²) < 4.78 is 13.0. The zero-order valence-electron chi connectivity index (χ0n) is 16.8. The summed E-state index contributed by atoms with van der Waals surface area (Å²) in [5.41, 5.74) is 5.34. The summed E-state index contributed by atoms with van der Waals surface area (Å²) in [6, 6.07) is 5.46. The summed E-state index contributed by atoms with van der Waals surface area (Å²) in [6.07, 6.45) is 1.60.